The fourth-order valence-corrected chi connectivity index (χ4v) is 2.34. The van der Waals surface area contributed by atoms with Crippen LogP contribution in [0.4, 0.5) is 5.69 Å². The van der Waals surface area contributed by atoms with Crippen molar-refractivity contribution in [3.63, 3.8) is 0 Å². The first kappa shape index (κ1) is 14.4. The fraction of sp³-hybridized carbons (Fsp3) is 0.294. The second-order valence-corrected chi connectivity index (χ2v) is 5.02. The Labute approximate surface area is 120 Å². The van der Waals surface area contributed by atoms with Gasteiger partial charge in [0, 0.05) is 17.8 Å². The van der Waals surface area contributed by atoms with Gasteiger partial charge in [0.1, 0.15) is 5.75 Å². The molecular formula is C17H21NO2. The lowest BCUT2D eigenvalue weighted by Gasteiger charge is -2.16. The summed E-state index contributed by atoms with van der Waals surface area (Å²) in [6.45, 7) is 4.58. The third-order valence-electron chi connectivity index (χ3n) is 3.22. The molecule has 0 aliphatic carbocycles. The molecule has 0 aliphatic heterocycles. The number of ether oxygens (including phenoxy) is 1. The van der Waals surface area contributed by atoms with Gasteiger partial charge in [0.2, 0.25) is 0 Å². The average molecular weight is 271 g/mol. The van der Waals surface area contributed by atoms with Crippen LogP contribution in [0.25, 0.3) is 0 Å². The quantitative estimate of drug-likeness (QED) is 0.875. The van der Waals surface area contributed by atoms with Gasteiger partial charge in [-0.25, -0.2) is 0 Å². The number of para-hydroxylation sites is 1. The maximum absolute atomic E-state index is 10.3. The standard InChI is InChI=1S/C17H21NO2/c1-12-8-13(2)10-14(9-12)18-11-16(19)15-6-4-5-7-17(15)20-3/h4-10,16,18-19H,11H2,1-3H3. The van der Waals surface area contributed by atoms with Crippen LogP contribution in [-0.4, -0.2) is 18.8 Å². The van der Waals surface area contributed by atoms with Crippen LogP contribution in [0, 0.1) is 13.8 Å². The van der Waals surface area contributed by atoms with Crippen LogP contribution in [0.3, 0.4) is 0 Å². The van der Waals surface area contributed by atoms with Gasteiger partial charge in [-0.15, -0.1) is 0 Å². The maximum atomic E-state index is 10.3. The summed E-state index contributed by atoms with van der Waals surface area (Å²) >= 11 is 0. The molecule has 3 heteroatoms. The monoisotopic (exact) mass is 271 g/mol. The van der Waals surface area contributed by atoms with E-state index >= 15 is 0 Å². The van der Waals surface area contributed by atoms with Crippen molar-refractivity contribution in [3.8, 4) is 5.75 Å². The summed E-state index contributed by atoms with van der Waals surface area (Å²) in [5, 5.41) is 13.6. The molecule has 2 N–H and O–H groups in total. The third kappa shape index (κ3) is 3.52. The molecule has 2 rings (SSSR count). The number of nitrogens with one attached hydrogen (secondary N) is 1. The van der Waals surface area contributed by atoms with Crippen LogP contribution in [0.2, 0.25) is 0 Å². The number of rotatable bonds is 5. The largest absolute Gasteiger partial charge is 0.496 e. The van der Waals surface area contributed by atoms with Gasteiger partial charge in [-0.05, 0) is 43.2 Å². The molecule has 0 fully saturated rings. The Morgan fingerprint density at radius 2 is 1.75 bits per heavy atom. The van der Waals surface area contributed by atoms with Gasteiger partial charge in [0.15, 0.2) is 0 Å². The summed E-state index contributed by atoms with van der Waals surface area (Å²) in [4.78, 5) is 0. The molecule has 0 aliphatic rings. The number of aryl methyl sites for hydroxylation is 2. The van der Waals surface area contributed by atoms with Crippen molar-refractivity contribution in [3.05, 3.63) is 59.2 Å². The first-order valence-corrected chi connectivity index (χ1v) is 6.73. The van der Waals surface area contributed by atoms with E-state index < -0.39 is 6.10 Å². The molecule has 2 aromatic rings. The Balaban J connectivity index is 2.06. The van der Waals surface area contributed by atoms with Gasteiger partial charge < -0.3 is 15.2 Å². The van der Waals surface area contributed by atoms with Gasteiger partial charge in [-0.1, -0.05) is 24.3 Å². The molecule has 106 valence electrons. The number of methoxy groups -OCH3 is 1. The van der Waals surface area contributed by atoms with Crippen molar-refractivity contribution < 1.29 is 9.84 Å². The minimum atomic E-state index is -0.605. The van der Waals surface area contributed by atoms with E-state index in [0.29, 0.717) is 12.3 Å². The van der Waals surface area contributed by atoms with Crippen LogP contribution in [0.5, 0.6) is 5.75 Å². The molecule has 0 bridgehead atoms. The van der Waals surface area contributed by atoms with E-state index in [4.69, 9.17) is 4.74 Å². The molecule has 0 saturated heterocycles. The van der Waals surface area contributed by atoms with Crippen molar-refractivity contribution in [2.45, 2.75) is 20.0 Å². The van der Waals surface area contributed by atoms with E-state index in [-0.39, 0.29) is 0 Å². The van der Waals surface area contributed by atoms with Gasteiger partial charge >= 0.3 is 0 Å². The molecule has 1 unspecified atom stereocenters. The molecular weight excluding hydrogens is 250 g/mol. The summed E-state index contributed by atoms with van der Waals surface area (Å²) in [7, 11) is 1.61. The molecule has 0 heterocycles. The summed E-state index contributed by atoms with van der Waals surface area (Å²) in [6.07, 6.45) is -0.605. The van der Waals surface area contributed by atoms with Crippen LogP contribution >= 0.6 is 0 Å². The molecule has 0 saturated carbocycles. The highest BCUT2D eigenvalue weighted by Crippen LogP contribution is 2.25. The zero-order chi connectivity index (χ0) is 14.5. The zero-order valence-electron chi connectivity index (χ0n) is 12.2. The maximum Gasteiger partial charge on any atom is 0.124 e. The highest BCUT2D eigenvalue weighted by Gasteiger charge is 2.12. The van der Waals surface area contributed by atoms with Crippen molar-refractivity contribution >= 4 is 5.69 Å². The van der Waals surface area contributed by atoms with Crippen molar-refractivity contribution in [1.82, 2.24) is 0 Å². The highest BCUT2D eigenvalue weighted by molar-refractivity contribution is 5.49. The topological polar surface area (TPSA) is 41.5 Å². The smallest absolute Gasteiger partial charge is 0.124 e. The first-order chi connectivity index (χ1) is 9.60. The van der Waals surface area contributed by atoms with E-state index in [1.807, 2.05) is 24.3 Å². The SMILES string of the molecule is COc1ccccc1C(O)CNc1cc(C)cc(C)c1. The minimum absolute atomic E-state index is 0.448. The fourth-order valence-electron chi connectivity index (χ4n) is 2.34. The molecule has 0 amide bonds. The van der Waals surface area contributed by atoms with E-state index in [9.17, 15) is 5.11 Å². The third-order valence-corrected chi connectivity index (χ3v) is 3.22. The van der Waals surface area contributed by atoms with E-state index in [1.54, 1.807) is 7.11 Å². The molecule has 2 aromatic carbocycles. The zero-order valence-corrected chi connectivity index (χ0v) is 12.2. The Bertz CT molecular complexity index is 561. The number of benzene rings is 2. The molecule has 0 spiro atoms. The van der Waals surface area contributed by atoms with Gasteiger partial charge in [-0.2, -0.15) is 0 Å². The van der Waals surface area contributed by atoms with Crippen LogP contribution < -0.4 is 10.1 Å². The second kappa shape index (κ2) is 6.44. The van der Waals surface area contributed by atoms with Crippen LogP contribution in [0.15, 0.2) is 42.5 Å². The summed E-state index contributed by atoms with van der Waals surface area (Å²) in [5.41, 5.74) is 4.24. The van der Waals surface area contributed by atoms with Crippen LogP contribution in [-0.2, 0) is 0 Å². The number of aliphatic hydroxyl groups is 1. The first-order valence-electron chi connectivity index (χ1n) is 6.73. The average Bonchev–Trinajstić information content (AvgIpc) is 2.43. The van der Waals surface area contributed by atoms with Crippen molar-refractivity contribution in [1.29, 1.82) is 0 Å². The van der Waals surface area contributed by atoms with E-state index in [2.05, 4.69) is 37.4 Å². The van der Waals surface area contributed by atoms with Gasteiger partial charge in [-0.3, -0.25) is 0 Å². The molecule has 1 atom stereocenters. The number of hydrogen-bond acceptors (Lipinski definition) is 3. The summed E-state index contributed by atoms with van der Waals surface area (Å²) < 4.78 is 5.27. The highest BCUT2D eigenvalue weighted by atomic mass is 16.5. The van der Waals surface area contributed by atoms with E-state index in [1.165, 1.54) is 11.1 Å². The Hall–Kier alpha value is -2.00. The second-order valence-electron chi connectivity index (χ2n) is 5.02. The minimum Gasteiger partial charge on any atom is -0.496 e. The van der Waals surface area contributed by atoms with E-state index in [0.717, 1.165) is 11.3 Å². The lowest BCUT2D eigenvalue weighted by molar-refractivity contribution is 0.187. The van der Waals surface area contributed by atoms with Gasteiger partial charge in [0.25, 0.3) is 0 Å². The Kier molecular flexibility index (Phi) is 4.64. The number of anilines is 1. The van der Waals surface area contributed by atoms with Crippen LogP contribution in [0.1, 0.15) is 22.8 Å². The van der Waals surface area contributed by atoms with Crippen molar-refractivity contribution in [2.24, 2.45) is 0 Å². The number of aliphatic hydroxyl groups excluding tert-OH is 1. The lowest BCUT2D eigenvalue weighted by Crippen LogP contribution is -2.13. The molecule has 0 aromatic heterocycles. The molecule has 0 radical (unpaired) electrons. The number of hydrogen-bond donors (Lipinski definition) is 2. The predicted molar refractivity (Wildman–Crippen MR) is 82.4 cm³/mol. The van der Waals surface area contributed by atoms with Crippen molar-refractivity contribution in [2.75, 3.05) is 19.0 Å². The normalized spacial score (nSPS) is 12.0. The van der Waals surface area contributed by atoms with Gasteiger partial charge in [0.05, 0.1) is 13.2 Å². The molecule has 3 nitrogen and oxygen atoms in total. The lowest BCUT2D eigenvalue weighted by atomic mass is 10.1. The summed E-state index contributed by atoms with van der Waals surface area (Å²) in [6, 6.07) is 13.8. The summed E-state index contributed by atoms with van der Waals surface area (Å²) in [5.74, 6) is 0.710. The Morgan fingerprint density at radius 3 is 2.40 bits per heavy atom. The molecule has 20 heavy (non-hydrogen) atoms. The Morgan fingerprint density at radius 1 is 1.10 bits per heavy atom. The predicted octanol–water partition coefficient (Wildman–Crippen LogP) is 3.46.